The lowest BCUT2D eigenvalue weighted by atomic mass is 10.0. The van der Waals surface area contributed by atoms with Gasteiger partial charge in [-0.3, -0.25) is 14.4 Å². The fourth-order valence-corrected chi connectivity index (χ4v) is 8.09. The first kappa shape index (κ1) is 57.4. The summed E-state index contributed by atoms with van der Waals surface area (Å²) in [6.07, 6.45) is 52.5. The molecule has 59 heavy (non-hydrogen) atoms. The van der Waals surface area contributed by atoms with Gasteiger partial charge in [0.1, 0.15) is 13.2 Å². The molecule has 350 valence electrons. The van der Waals surface area contributed by atoms with Crippen LogP contribution in [0.4, 0.5) is 0 Å². The average molecular weight is 835 g/mol. The van der Waals surface area contributed by atoms with Gasteiger partial charge in [-0.1, -0.05) is 265 Å². The van der Waals surface area contributed by atoms with Crippen LogP contribution in [0.3, 0.4) is 0 Å². The van der Waals surface area contributed by atoms with E-state index in [2.05, 4.69) is 20.8 Å². The topological polar surface area (TPSA) is 78.9 Å². The third kappa shape index (κ3) is 47.3. The second-order valence-electron chi connectivity index (χ2n) is 18.2. The van der Waals surface area contributed by atoms with E-state index in [1.807, 2.05) is 0 Å². The number of hydrogen-bond acceptors (Lipinski definition) is 6. The molecule has 0 aromatic carbocycles. The zero-order valence-corrected chi connectivity index (χ0v) is 40.1. The molecule has 0 saturated heterocycles. The molecule has 0 amide bonds. The van der Waals surface area contributed by atoms with Crippen molar-refractivity contribution in [3.63, 3.8) is 0 Å². The SMILES string of the molecule is CCCCCCCCCCCCCCCCCCCCC(=O)OCC(COC(=O)CCCCCCCCC)OC(=O)CCCCCCCCCCCCCCCCCC. The van der Waals surface area contributed by atoms with Crippen LogP contribution < -0.4 is 0 Å². The van der Waals surface area contributed by atoms with Crippen LogP contribution in [0.5, 0.6) is 0 Å². The van der Waals surface area contributed by atoms with Crippen molar-refractivity contribution in [3.8, 4) is 0 Å². The Bertz CT molecular complexity index is 874. The van der Waals surface area contributed by atoms with Crippen molar-refractivity contribution >= 4 is 17.9 Å². The zero-order chi connectivity index (χ0) is 43.0. The average Bonchev–Trinajstić information content (AvgIpc) is 3.23. The predicted molar refractivity (Wildman–Crippen MR) is 252 cm³/mol. The van der Waals surface area contributed by atoms with Gasteiger partial charge in [-0.25, -0.2) is 0 Å². The third-order valence-corrected chi connectivity index (χ3v) is 12.1. The Balaban J connectivity index is 4.17. The number of carbonyl (C=O) groups excluding carboxylic acids is 3. The molecule has 1 unspecified atom stereocenters. The van der Waals surface area contributed by atoms with Gasteiger partial charge in [0.2, 0.25) is 0 Å². The molecule has 6 heteroatoms. The lowest BCUT2D eigenvalue weighted by Gasteiger charge is -2.18. The minimum Gasteiger partial charge on any atom is -0.462 e. The van der Waals surface area contributed by atoms with E-state index in [0.29, 0.717) is 19.3 Å². The van der Waals surface area contributed by atoms with Gasteiger partial charge in [0.25, 0.3) is 0 Å². The lowest BCUT2D eigenvalue weighted by Crippen LogP contribution is -2.30. The van der Waals surface area contributed by atoms with E-state index >= 15 is 0 Å². The Kier molecular flexibility index (Phi) is 47.7. The molecule has 0 bridgehead atoms. The highest BCUT2D eigenvalue weighted by Gasteiger charge is 2.19. The van der Waals surface area contributed by atoms with Crippen molar-refractivity contribution in [2.75, 3.05) is 13.2 Å². The van der Waals surface area contributed by atoms with Gasteiger partial charge in [0.05, 0.1) is 0 Å². The fourth-order valence-electron chi connectivity index (χ4n) is 8.09. The number of ether oxygens (including phenoxy) is 3. The van der Waals surface area contributed by atoms with Crippen LogP contribution in [-0.2, 0) is 28.6 Å². The van der Waals surface area contributed by atoms with Crippen LogP contribution >= 0.6 is 0 Å². The molecule has 0 fully saturated rings. The molecular formula is C53H102O6. The van der Waals surface area contributed by atoms with Crippen LogP contribution in [0, 0.1) is 0 Å². The predicted octanol–water partition coefficient (Wildman–Crippen LogP) is 17.2. The molecule has 0 N–H and O–H groups in total. The van der Waals surface area contributed by atoms with E-state index in [1.165, 1.54) is 205 Å². The second-order valence-corrected chi connectivity index (χ2v) is 18.2. The Labute approximate surface area is 368 Å². The normalized spacial score (nSPS) is 11.8. The first-order chi connectivity index (χ1) is 29.0. The standard InChI is InChI=1S/C53H102O6/c1-4-7-10-13-16-18-20-22-24-26-27-29-30-32-34-37-40-43-46-52(55)58-49-50(48-57-51(54)45-42-39-36-15-12-9-6-3)59-53(56)47-44-41-38-35-33-31-28-25-23-21-19-17-14-11-8-5-2/h50H,4-49H2,1-3H3. The molecule has 0 aromatic rings. The van der Waals surface area contributed by atoms with Gasteiger partial charge in [0.15, 0.2) is 6.10 Å². The molecule has 6 nitrogen and oxygen atoms in total. The summed E-state index contributed by atoms with van der Waals surface area (Å²) in [4.78, 5) is 37.8. The summed E-state index contributed by atoms with van der Waals surface area (Å²) in [5.74, 6) is -0.847. The van der Waals surface area contributed by atoms with E-state index in [1.54, 1.807) is 0 Å². The van der Waals surface area contributed by atoms with E-state index in [-0.39, 0.29) is 31.1 Å². The Morgan fingerprint density at radius 1 is 0.271 bits per heavy atom. The van der Waals surface area contributed by atoms with Crippen molar-refractivity contribution in [2.45, 2.75) is 309 Å². The largest absolute Gasteiger partial charge is 0.462 e. The molecule has 0 aliphatic rings. The van der Waals surface area contributed by atoms with E-state index < -0.39 is 6.10 Å². The van der Waals surface area contributed by atoms with Crippen LogP contribution in [-0.4, -0.2) is 37.2 Å². The highest BCUT2D eigenvalue weighted by Crippen LogP contribution is 2.17. The maximum atomic E-state index is 12.8. The number of hydrogen-bond donors (Lipinski definition) is 0. The van der Waals surface area contributed by atoms with Crippen LogP contribution in [0.1, 0.15) is 303 Å². The van der Waals surface area contributed by atoms with Gasteiger partial charge in [0, 0.05) is 19.3 Å². The van der Waals surface area contributed by atoms with Crippen LogP contribution in [0.2, 0.25) is 0 Å². The molecule has 0 aromatic heterocycles. The summed E-state index contributed by atoms with van der Waals surface area (Å²) < 4.78 is 16.8. The van der Waals surface area contributed by atoms with E-state index in [4.69, 9.17) is 14.2 Å². The molecule has 0 aliphatic carbocycles. The van der Waals surface area contributed by atoms with Crippen LogP contribution in [0.15, 0.2) is 0 Å². The molecule has 1 atom stereocenters. The first-order valence-corrected chi connectivity index (χ1v) is 26.5. The van der Waals surface area contributed by atoms with Gasteiger partial charge >= 0.3 is 17.9 Å². The second kappa shape index (κ2) is 49.1. The Hall–Kier alpha value is -1.59. The number of unbranched alkanes of at least 4 members (excludes halogenated alkanes) is 38. The number of rotatable bonds is 49. The number of esters is 3. The van der Waals surface area contributed by atoms with Crippen LogP contribution in [0.25, 0.3) is 0 Å². The Morgan fingerprint density at radius 3 is 0.678 bits per heavy atom. The summed E-state index contributed by atoms with van der Waals surface area (Å²) in [7, 11) is 0. The van der Waals surface area contributed by atoms with Crippen molar-refractivity contribution in [1.29, 1.82) is 0 Å². The van der Waals surface area contributed by atoms with Crippen molar-refractivity contribution in [3.05, 3.63) is 0 Å². The van der Waals surface area contributed by atoms with Gasteiger partial charge < -0.3 is 14.2 Å². The van der Waals surface area contributed by atoms with Crippen molar-refractivity contribution in [1.82, 2.24) is 0 Å². The summed E-state index contributed by atoms with van der Waals surface area (Å²) in [5.41, 5.74) is 0. The molecule has 0 radical (unpaired) electrons. The van der Waals surface area contributed by atoms with Crippen molar-refractivity contribution in [2.24, 2.45) is 0 Å². The summed E-state index contributed by atoms with van der Waals surface area (Å²) in [6, 6.07) is 0. The van der Waals surface area contributed by atoms with Gasteiger partial charge in [-0.05, 0) is 19.3 Å². The fraction of sp³-hybridized carbons (Fsp3) is 0.943. The lowest BCUT2D eigenvalue weighted by molar-refractivity contribution is -0.167. The molecule has 0 heterocycles. The van der Waals surface area contributed by atoms with Crippen molar-refractivity contribution < 1.29 is 28.6 Å². The minimum atomic E-state index is -0.758. The zero-order valence-electron chi connectivity index (χ0n) is 40.1. The maximum Gasteiger partial charge on any atom is 0.306 e. The molecular weight excluding hydrogens is 733 g/mol. The molecule has 0 aliphatic heterocycles. The summed E-state index contributed by atoms with van der Waals surface area (Å²) in [5, 5.41) is 0. The third-order valence-electron chi connectivity index (χ3n) is 12.1. The highest BCUT2D eigenvalue weighted by atomic mass is 16.6. The Morgan fingerprint density at radius 2 is 0.458 bits per heavy atom. The summed E-state index contributed by atoms with van der Waals surface area (Å²) >= 11 is 0. The van der Waals surface area contributed by atoms with E-state index in [0.717, 1.165) is 57.8 Å². The minimum absolute atomic E-state index is 0.0622. The first-order valence-electron chi connectivity index (χ1n) is 26.5. The quantitative estimate of drug-likeness (QED) is 0.0345. The molecule has 0 rings (SSSR count). The molecule has 0 saturated carbocycles. The number of carbonyl (C=O) groups is 3. The maximum absolute atomic E-state index is 12.8. The highest BCUT2D eigenvalue weighted by molar-refractivity contribution is 5.71. The summed E-state index contributed by atoms with van der Waals surface area (Å²) in [6.45, 7) is 6.65. The smallest absolute Gasteiger partial charge is 0.306 e. The monoisotopic (exact) mass is 835 g/mol. The van der Waals surface area contributed by atoms with Gasteiger partial charge in [-0.15, -0.1) is 0 Å². The van der Waals surface area contributed by atoms with E-state index in [9.17, 15) is 14.4 Å². The molecule has 0 spiro atoms. The van der Waals surface area contributed by atoms with Gasteiger partial charge in [-0.2, -0.15) is 0 Å².